The Morgan fingerprint density at radius 1 is 1.21 bits per heavy atom. The third kappa shape index (κ3) is 3.36. The Bertz CT molecular complexity index is 1020. The summed E-state index contributed by atoms with van der Waals surface area (Å²) in [5.74, 6) is 0.486. The maximum atomic E-state index is 12.6. The number of anilines is 1. The van der Waals surface area contributed by atoms with E-state index >= 15 is 0 Å². The van der Waals surface area contributed by atoms with E-state index in [1.807, 2.05) is 19.1 Å². The number of nitrogens with zero attached hydrogens (tertiary/aromatic N) is 5. The number of pyridine rings is 2. The maximum Gasteiger partial charge on any atom is 0.239 e. The fraction of sp³-hybridized carbons (Fsp3) is 0.421. The minimum atomic E-state index is -0.0467. The summed E-state index contributed by atoms with van der Waals surface area (Å²) in [6.45, 7) is 3.74. The smallest absolute Gasteiger partial charge is 0.239 e. The largest absolute Gasteiger partial charge is 0.378 e. The van der Waals surface area contributed by atoms with Crippen LogP contribution in [0.3, 0.4) is 0 Å². The first-order valence-electron chi connectivity index (χ1n) is 9.35. The fourth-order valence-electron chi connectivity index (χ4n) is 3.95. The zero-order valence-corrected chi connectivity index (χ0v) is 16.3. The predicted octanol–water partition coefficient (Wildman–Crippen LogP) is 2.26. The number of aromatic nitrogens is 4. The van der Waals surface area contributed by atoms with Crippen LogP contribution in [0.1, 0.15) is 17.8 Å². The average molecular weight is 396 g/mol. The molecule has 5 rings (SSSR count). The highest BCUT2D eigenvalue weighted by molar-refractivity contribution is 7.14. The van der Waals surface area contributed by atoms with Crippen molar-refractivity contribution in [3.63, 3.8) is 0 Å². The number of rotatable bonds is 4. The Kier molecular flexibility index (Phi) is 4.50. The molecule has 0 saturated carbocycles. The van der Waals surface area contributed by atoms with Crippen molar-refractivity contribution in [2.75, 3.05) is 25.1 Å². The van der Waals surface area contributed by atoms with Crippen LogP contribution in [0.25, 0.3) is 21.5 Å². The van der Waals surface area contributed by atoms with E-state index in [1.54, 1.807) is 12.4 Å². The normalized spacial score (nSPS) is 21.9. The van der Waals surface area contributed by atoms with Gasteiger partial charge in [-0.15, -0.1) is 10.2 Å². The molecule has 3 aromatic heterocycles. The van der Waals surface area contributed by atoms with Gasteiger partial charge in [0.15, 0.2) is 0 Å². The Balaban J connectivity index is 1.33. The summed E-state index contributed by atoms with van der Waals surface area (Å²) < 4.78 is 5.58. The van der Waals surface area contributed by atoms with Gasteiger partial charge in [-0.3, -0.25) is 14.7 Å². The van der Waals surface area contributed by atoms with Crippen molar-refractivity contribution < 1.29 is 9.53 Å². The van der Waals surface area contributed by atoms with E-state index in [0.717, 1.165) is 52.5 Å². The van der Waals surface area contributed by atoms with Gasteiger partial charge in [0, 0.05) is 29.2 Å². The summed E-state index contributed by atoms with van der Waals surface area (Å²) in [4.78, 5) is 23.6. The van der Waals surface area contributed by atoms with Crippen molar-refractivity contribution in [2.45, 2.75) is 31.8 Å². The molecule has 9 heteroatoms. The highest BCUT2D eigenvalue weighted by atomic mass is 32.1. The molecule has 2 saturated heterocycles. The second kappa shape index (κ2) is 7.16. The van der Waals surface area contributed by atoms with E-state index in [4.69, 9.17) is 4.74 Å². The molecule has 2 fully saturated rings. The topological polar surface area (TPSA) is 93.1 Å². The number of morpholine rings is 1. The SMILES string of the molecule is Cc1nnc(-c2cnc3cnc(NC(=O)CN4C5CCC4COC5)cc3c2)s1. The van der Waals surface area contributed by atoms with Gasteiger partial charge in [-0.05, 0) is 31.9 Å². The van der Waals surface area contributed by atoms with Crippen LogP contribution in [0, 0.1) is 6.92 Å². The number of amides is 1. The summed E-state index contributed by atoms with van der Waals surface area (Å²) in [6, 6.07) is 4.57. The Hall–Kier alpha value is -2.49. The third-order valence-electron chi connectivity index (χ3n) is 5.33. The first kappa shape index (κ1) is 17.6. The number of aryl methyl sites for hydroxylation is 1. The van der Waals surface area contributed by atoms with E-state index < -0.39 is 0 Å². The fourth-order valence-corrected chi connectivity index (χ4v) is 4.62. The molecule has 1 N–H and O–H groups in total. The van der Waals surface area contributed by atoms with Crippen LogP contribution in [0.15, 0.2) is 24.5 Å². The van der Waals surface area contributed by atoms with Crippen LogP contribution in [-0.2, 0) is 9.53 Å². The molecular formula is C19H20N6O2S. The molecule has 28 heavy (non-hydrogen) atoms. The van der Waals surface area contributed by atoms with Gasteiger partial charge in [0.25, 0.3) is 0 Å². The first-order valence-corrected chi connectivity index (χ1v) is 10.2. The molecule has 1 amide bonds. The molecule has 0 aromatic carbocycles. The maximum absolute atomic E-state index is 12.6. The van der Waals surface area contributed by atoms with Crippen LogP contribution in [0.4, 0.5) is 5.82 Å². The summed E-state index contributed by atoms with van der Waals surface area (Å²) in [5, 5.41) is 13.8. The van der Waals surface area contributed by atoms with Crippen molar-refractivity contribution in [2.24, 2.45) is 0 Å². The zero-order valence-electron chi connectivity index (χ0n) is 15.5. The number of nitrogens with one attached hydrogen (secondary N) is 1. The van der Waals surface area contributed by atoms with Gasteiger partial charge < -0.3 is 10.1 Å². The number of hydrogen-bond acceptors (Lipinski definition) is 8. The molecule has 0 spiro atoms. The van der Waals surface area contributed by atoms with Crippen molar-refractivity contribution in [1.29, 1.82) is 0 Å². The van der Waals surface area contributed by atoms with Crippen LogP contribution in [-0.4, -0.2) is 62.8 Å². The van der Waals surface area contributed by atoms with E-state index in [9.17, 15) is 4.79 Å². The summed E-state index contributed by atoms with van der Waals surface area (Å²) in [7, 11) is 0. The molecule has 8 nitrogen and oxygen atoms in total. The molecule has 2 aliphatic rings. The lowest BCUT2D eigenvalue weighted by molar-refractivity contribution is -0.120. The van der Waals surface area contributed by atoms with Crippen LogP contribution >= 0.6 is 11.3 Å². The second-order valence-electron chi connectivity index (χ2n) is 7.26. The van der Waals surface area contributed by atoms with Gasteiger partial charge in [-0.2, -0.15) is 0 Å². The third-order valence-corrected chi connectivity index (χ3v) is 6.21. The molecular weight excluding hydrogens is 376 g/mol. The van der Waals surface area contributed by atoms with Gasteiger partial charge in [-0.25, -0.2) is 4.98 Å². The highest BCUT2D eigenvalue weighted by Crippen LogP contribution is 2.29. The molecule has 2 atom stereocenters. The van der Waals surface area contributed by atoms with E-state index in [1.165, 1.54) is 11.3 Å². The van der Waals surface area contributed by atoms with E-state index in [0.29, 0.717) is 24.4 Å². The minimum Gasteiger partial charge on any atom is -0.378 e. The van der Waals surface area contributed by atoms with Gasteiger partial charge >= 0.3 is 0 Å². The van der Waals surface area contributed by atoms with Crippen LogP contribution in [0.2, 0.25) is 0 Å². The molecule has 2 aliphatic heterocycles. The molecule has 0 radical (unpaired) electrons. The molecule has 2 bridgehead atoms. The average Bonchev–Trinajstić information content (AvgIpc) is 3.20. The van der Waals surface area contributed by atoms with Crippen LogP contribution in [0.5, 0.6) is 0 Å². The number of ether oxygens (including phenoxy) is 1. The quantitative estimate of drug-likeness (QED) is 0.723. The Labute approximate surface area is 166 Å². The van der Waals surface area contributed by atoms with Crippen molar-refractivity contribution in [3.8, 4) is 10.6 Å². The summed E-state index contributed by atoms with van der Waals surface area (Å²) >= 11 is 1.53. The van der Waals surface area contributed by atoms with Gasteiger partial charge in [0.1, 0.15) is 15.8 Å². The first-order chi connectivity index (χ1) is 13.7. The van der Waals surface area contributed by atoms with Crippen LogP contribution < -0.4 is 5.32 Å². The summed E-state index contributed by atoms with van der Waals surface area (Å²) in [6.07, 6.45) is 5.66. The van der Waals surface area contributed by atoms with Crippen molar-refractivity contribution >= 4 is 34.0 Å². The highest BCUT2D eigenvalue weighted by Gasteiger charge is 2.38. The van der Waals surface area contributed by atoms with Gasteiger partial charge in [0.2, 0.25) is 5.91 Å². The van der Waals surface area contributed by atoms with E-state index in [-0.39, 0.29) is 5.91 Å². The number of carbonyl (C=O) groups excluding carboxylic acids is 1. The van der Waals surface area contributed by atoms with E-state index in [2.05, 4.69) is 30.4 Å². The lowest BCUT2D eigenvalue weighted by Crippen LogP contribution is -2.48. The molecule has 5 heterocycles. The van der Waals surface area contributed by atoms with Gasteiger partial charge in [-0.1, -0.05) is 11.3 Å². The minimum absolute atomic E-state index is 0.0467. The molecule has 2 unspecified atom stereocenters. The number of hydrogen-bond donors (Lipinski definition) is 1. The Morgan fingerprint density at radius 3 is 2.79 bits per heavy atom. The Morgan fingerprint density at radius 2 is 2.04 bits per heavy atom. The lowest BCUT2D eigenvalue weighted by atomic mass is 10.2. The van der Waals surface area contributed by atoms with Gasteiger partial charge in [0.05, 0.1) is 31.5 Å². The summed E-state index contributed by atoms with van der Waals surface area (Å²) in [5.41, 5.74) is 1.68. The van der Waals surface area contributed by atoms with Crippen molar-refractivity contribution in [3.05, 3.63) is 29.5 Å². The second-order valence-corrected chi connectivity index (χ2v) is 8.44. The molecule has 3 aromatic rings. The zero-order chi connectivity index (χ0) is 19.1. The predicted molar refractivity (Wildman–Crippen MR) is 106 cm³/mol. The molecule has 0 aliphatic carbocycles. The lowest BCUT2D eigenvalue weighted by Gasteiger charge is -2.33. The number of carbonyl (C=O) groups is 1. The standard InChI is InChI=1S/C19H20N6O2S/c1-11-23-24-19(28-11)13-4-12-5-17(21-7-16(12)20-6-13)22-18(26)8-25-14-2-3-15(25)10-27-9-14/h4-7,14-15H,2-3,8-10H2,1H3,(H,21,22,26). The monoisotopic (exact) mass is 396 g/mol. The number of fused-ring (bicyclic) bond motifs is 3. The van der Waals surface area contributed by atoms with Crippen molar-refractivity contribution in [1.82, 2.24) is 25.1 Å². The molecule has 144 valence electrons.